The van der Waals surface area contributed by atoms with E-state index in [0.29, 0.717) is 5.56 Å². The molecular weight excluding hydrogens is 478 g/mol. The Hall–Kier alpha value is -3.61. The molecule has 0 saturated carbocycles. The summed E-state index contributed by atoms with van der Waals surface area (Å²) in [5, 5.41) is 5.78. The molecule has 0 fully saturated rings. The van der Waals surface area contributed by atoms with E-state index in [1.807, 2.05) is 83.1 Å². The third-order valence-electron chi connectivity index (χ3n) is 5.79. The van der Waals surface area contributed by atoms with Crippen LogP contribution in [0.3, 0.4) is 0 Å². The van der Waals surface area contributed by atoms with Crippen LogP contribution in [-0.2, 0) is 20.7 Å². The van der Waals surface area contributed by atoms with Crippen molar-refractivity contribution in [1.82, 2.24) is 15.5 Å². The van der Waals surface area contributed by atoms with Crippen molar-refractivity contribution in [2.45, 2.75) is 85.0 Å². The Balaban J connectivity index is 2.57. The summed E-state index contributed by atoms with van der Waals surface area (Å²) in [6, 6.07) is 13.3. The quantitative estimate of drug-likeness (QED) is 0.432. The highest BCUT2D eigenvalue weighted by Crippen LogP contribution is 2.26. The van der Waals surface area contributed by atoms with Crippen molar-refractivity contribution in [3.05, 3.63) is 83.4 Å². The highest BCUT2D eigenvalue weighted by atomic mass is 16.6. The van der Waals surface area contributed by atoms with Gasteiger partial charge in [0, 0.05) is 18.5 Å². The van der Waals surface area contributed by atoms with Crippen molar-refractivity contribution in [3.63, 3.8) is 0 Å². The van der Waals surface area contributed by atoms with E-state index in [2.05, 4.69) is 17.2 Å². The second-order valence-corrected chi connectivity index (χ2v) is 11.7. The normalized spacial score (nSPS) is 13.2. The van der Waals surface area contributed by atoms with Gasteiger partial charge in [-0.2, -0.15) is 0 Å². The van der Waals surface area contributed by atoms with Crippen LogP contribution >= 0.6 is 0 Å². The van der Waals surface area contributed by atoms with Crippen LogP contribution in [0.1, 0.15) is 69.8 Å². The number of nitrogens with one attached hydrogen (secondary N) is 2. The lowest BCUT2D eigenvalue weighted by atomic mass is 9.96. The molecule has 2 rings (SSSR count). The van der Waals surface area contributed by atoms with Gasteiger partial charge in [-0.15, -0.1) is 6.58 Å². The molecule has 38 heavy (non-hydrogen) atoms. The zero-order valence-corrected chi connectivity index (χ0v) is 24.1. The van der Waals surface area contributed by atoms with Gasteiger partial charge in [0.25, 0.3) is 0 Å². The highest BCUT2D eigenvalue weighted by Gasteiger charge is 2.37. The average molecular weight is 522 g/mol. The number of hydrogen-bond acceptors (Lipinski definition) is 4. The van der Waals surface area contributed by atoms with Crippen molar-refractivity contribution < 1.29 is 19.1 Å². The Bertz CT molecular complexity index is 1130. The molecule has 0 radical (unpaired) electrons. The van der Waals surface area contributed by atoms with E-state index in [0.717, 1.165) is 16.7 Å². The number of hydrogen-bond donors (Lipinski definition) is 2. The minimum atomic E-state index is -0.969. The van der Waals surface area contributed by atoms with E-state index in [1.54, 1.807) is 26.8 Å². The summed E-state index contributed by atoms with van der Waals surface area (Å²) >= 11 is 0. The maximum absolute atomic E-state index is 14.2. The fourth-order valence-corrected chi connectivity index (χ4v) is 4.01. The number of alkyl carbamates (subject to hydrolysis) is 1. The SMILES string of the molecule is C=CCN(C(=O)C(Cc1ccccc1)NC(=O)OC(C)(C)C)C(C(=O)NC(C)(C)C)c1ccc(C)c(C)c1. The van der Waals surface area contributed by atoms with E-state index in [1.165, 1.54) is 4.90 Å². The summed E-state index contributed by atoms with van der Waals surface area (Å²) in [6.45, 7) is 18.9. The topological polar surface area (TPSA) is 87.7 Å². The lowest BCUT2D eigenvalue weighted by Gasteiger charge is -2.35. The molecule has 0 aliphatic rings. The first-order valence-electron chi connectivity index (χ1n) is 13.0. The van der Waals surface area contributed by atoms with Crippen molar-refractivity contribution >= 4 is 17.9 Å². The fourth-order valence-electron chi connectivity index (χ4n) is 4.01. The van der Waals surface area contributed by atoms with E-state index in [4.69, 9.17) is 4.74 Å². The minimum Gasteiger partial charge on any atom is -0.444 e. The second-order valence-electron chi connectivity index (χ2n) is 11.7. The monoisotopic (exact) mass is 521 g/mol. The molecule has 2 aromatic carbocycles. The average Bonchev–Trinajstić information content (AvgIpc) is 2.78. The molecule has 7 nitrogen and oxygen atoms in total. The van der Waals surface area contributed by atoms with Gasteiger partial charge in [0.15, 0.2) is 0 Å². The molecule has 2 unspecified atom stereocenters. The van der Waals surface area contributed by atoms with Gasteiger partial charge in [-0.1, -0.05) is 54.6 Å². The molecule has 2 atom stereocenters. The Morgan fingerprint density at radius 2 is 1.61 bits per heavy atom. The van der Waals surface area contributed by atoms with Crippen LogP contribution < -0.4 is 10.6 Å². The molecule has 2 aromatic rings. The van der Waals surface area contributed by atoms with E-state index < -0.39 is 35.2 Å². The second kappa shape index (κ2) is 12.8. The first kappa shape index (κ1) is 30.6. The molecule has 0 saturated heterocycles. The summed E-state index contributed by atoms with van der Waals surface area (Å²) in [5.74, 6) is -0.724. The molecular formula is C31H43N3O4. The Morgan fingerprint density at radius 1 is 0.974 bits per heavy atom. The summed E-state index contributed by atoms with van der Waals surface area (Å²) in [7, 11) is 0. The van der Waals surface area contributed by atoms with Gasteiger partial charge in [-0.25, -0.2) is 4.79 Å². The van der Waals surface area contributed by atoms with Gasteiger partial charge >= 0.3 is 6.09 Å². The molecule has 0 heterocycles. The van der Waals surface area contributed by atoms with Crippen LogP contribution in [-0.4, -0.2) is 46.5 Å². The van der Waals surface area contributed by atoms with E-state index in [9.17, 15) is 14.4 Å². The van der Waals surface area contributed by atoms with Gasteiger partial charge in [0.2, 0.25) is 11.8 Å². The van der Waals surface area contributed by atoms with Crippen molar-refractivity contribution in [2.24, 2.45) is 0 Å². The van der Waals surface area contributed by atoms with Crippen LogP contribution in [0.4, 0.5) is 4.79 Å². The highest BCUT2D eigenvalue weighted by molar-refractivity contribution is 5.92. The Morgan fingerprint density at radius 3 is 2.13 bits per heavy atom. The Labute approximate surface area is 227 Å². The lowest BCUT2D eigenvalue weighted by Crippen LogP contribution is -2.55. The molecule has 0 aliphatic heterocycles. The zero-order chi connectivity index (χ0) is 28.7. The third-order valence-corrected chi connectivity index (χ3v) is 5.79. The number of carbonyl (C=O) groups excluding carboxylic acids is 3. The molecule has 206 valence electrons. The van der Waals surface area contributed by atoms with Gasteiger partial charge in [-0.05, 0) is 77.6 Å². The number of amides is 3. The van der Waals surface area contributed by atoms with Crippen LogP contribution in [0, 0.1) is 13.8 Å². The molecule has 0 spiro atoms. The summed E-state index contributed by atoms with van der Waals surface area (Å²) < 4.78 is 5.46. The summed E-state index contributed by atoms with van der Waals surface area (Å²) in [6.07, 6.45) is 1.11. The van der Waals surface area contributed by atoms with Crippen LogP contribution in [0.2, 0.25) is 0 Å². The molecule has 7 heteroatoms. The number of benzene rings is 2. The zero-order valence-electron chi connectivity index (χ0n) is 24.1. The largest absolute Gasteiger partial charge is 0.444 e. The molecule has 0 bridgehead atoms. The Kier molecular flexibility index (Phi) is 10.3. The summed E-state index contributed by atoms with van der Waals surface area (Å²) in [4.78, 5) is 42.2. The fraction of sp³-hybridized carbons (Fsp3) is 0.452. The number of carbonyl (C=O) groups is 3. The maximum atomic E-state index is 14.2. The molecule has 2 N–H and O–H groups in total. The summed E-state index contributed by atoms with van der Waals surface area (Å²) in [5.41, 5.74) is 2.38. The van der Waals surface area contributed by atoms with Crippen LogP contribution in [0.15, 0.2) is 61.2 Å². The molecule has 0 aliphatic carbocycles. The minimum absolute atomic E-state index is 0.106. The number of aryl methyl sites for hydroxylation is 2. The predicted octanol–water partition coefficient (Wildman–Crippen LogP) is 5.41. The first-order valence-corrected chi connectivity index (χ1v) is 13.0. The van der Waals surface area contributed by atoms with Crippen molar-refractivity contribution in [1.29, 1.82) is 0 Å². The number of ether oxygens (including phenoxy) is 1. The third kappa shape index (κ3) is 9.36. The first-order chi connectivity index (χ1) is 17.6. The lowest BCUT2D eigenvalue weighted by molar-refractivity contribution is -0.142. The van der Waals surface area contributed by atoms with E-state index in [-0.39, 0.29) is 18.9 Å². The van der Waals surface area contributed by atoms with Gasteiger partial charge in [0.1, 0.15) is 17.7 Å². The molecule has 3 amide bonds. The van der Waals surface area contributed by atoms with Crippen molar-refractivity contribution in [2.75, 3.05) is 6.54 Å². The van der Waals surface area contributed by atoms with Gasteiger partial charge < -0.3 is 20.3 Å². The van der Waals surface area contributed by atoms with Gasteiger partial charge in [0.05, 0.1) is 0 Å². The predicted molar refractivity (Wildman–Crippen MR) is 152 cm³/mol. The smallest absolute Gasteiger partial charge is 0.408 e. The van der Waals surface area contributed by atoms with Crippen molar-refractivity contribution in [3.8, 4) is 0 Å². The van der Waals surface area contributed by atoms with E-state index >= 15 is 0 Å². The van der Waals surface area contributed by atoms with Crippen LogP contribution in [0.25, 0.3) is 0 Å². The van der Waals surface area contributed by atoms with Gasteiger partial charge in [-0.3, -0.25) is 9.59 Å². The van der Waals surface area contributed by atoms with Crippen LogP contribution in [0.5, 0.6) is 0 Å². The molecule has 0 aromatic heterocycles. The maximum Gasteiger partial charge on any atom is 0.408 e. The standard InChI is InChI=1S/C31H43N3O4/c1-10-18-34(26(27(35)33-30(4,5)6)24-17-16-21(2)22(3)19-24)28(36)25(20-23-14-12-11-13-15-23)32-29(37)38-31(7,8)9/h10-17,19,25-26H,1,18,20H2,2-9H3,(H,32,37)(H,33,35). The number of rotatable bonds is 9. The number of nitrogens with zero attached hydrogens (tertiary/aromatic N) is 1.